The number of terminal acetylenes is 1. The summed E-state index contributed by atoms with van der Waals surface area (Å²) >= 11 is 3.56. The van der Waals surface area contributed by atoms with E-state index in [2.05, 4.69) is 32.2 Å². The molecule has 10 heteroatoms. The number of carboxylic acids is 2. The van der Waals surface area contributed by atoms with Gasteiger partial charge in [0.15, 0.2) is 0 Å². The van der Waals surface area contributed by atoms with Crippen LogP contribution >= 0.6 is 15.9 Å². The highest BCUT2D eigenvalue weighted by Crippen LogP contribution is 2.27. The van der Waals surface area contributed by atoms with Crippen molar-refractivity contribution in [3.63, 3.8) is 0 Å². The number of amides is 1. The number of aliphatic carboxylic acids is 2. The number of halogens is 2. The Morgan fingerprint density at radius 1 is 1.19 bits per heavy atom. The first kappa shape index (κ1) is 26.6. The number of hydrogen-bond donors (Lipinski definition) is 3. The third-order valence-electron chi connectivity index (χ3n) is 5.42. The number of rotatable bonds is 10. The fraction of sp³-hybridized carbons (Fsp3) is 0.231. The van der Waals surface area contributed by atoms with Crippen molar-refractivity contribution in [2.45, 2.75) is 32.4 Å². The van der Waals surface area contributed by atoms with Crippen molar-refractivity contribution >= 4 is 50.4 Å². The van der Waals surface area contributed by atoms with Crippen LogP contribution < -0.4 is 10.2 Å². The zero-order chi connectivity index (χ0) is 26.4. The standard InChI is InChI=1S/C26H23BrFN3O5/c1-3-10-31(14-16-4-7-22-19(12-16)20(27)11-15(2)29-22)17-5-6-18(21(28)13-17)25(34)30-23(26(35)36)8-9-24(32)33/h1,4-7,11-13,23H,8-10,14H2,2H3,(H,30,34)(H,32,33)(H,35,36)/t23-/m0/s1. The van der Waals surface area contributed by atoms with Gasteiger partial charge in [0.2, 0.25) is 0 Å². The third kappa shape index (κ3) is 6.58. The van der Waals surface area contributed by atoms with Gasteiger partial charge < -0.3 is 20.4 Å². The molecule has 0 aliphatic rings. The lowest BCUT2D eigenvalue weighted by atomic mass is 10.1. The van der Waals surface area contributed by atoms with E-state index in [1.165, 1.54) is 12.1 Å². The average Bonchev–Trinajstić information content (AvgIpc) is 2.81. The van der Waals surface area contributed by atoms with Gasteiger partial charge in [-0.05, 0) is 55.3 Å². The summed E-state index contributed by atoms with van der Waals surface area (Å²) in [5.74, 6) is -1.88. The average molecular weight is 556 g/mol. The number of nitrogens with zero attached hydrogens (tertiary/aromatic N) is 2. The molecule has 0 bridgehead atoms. The van der Waals surface area contributed by atoms with Gasteiger partial charge in [0.25, 0.3) is 5.91 Å². The van der Waals surface area contributed by atoms with Gasteiger partial charge in [0.1, 0.15) is 11.9 Å². The van der Waals surface area contributed by atoms with Crippen molar-refractivity contribution in [1.29, 1.82) is 0 Å². The van der Waals surface area contributed by atoms with Crippen molar-refractivity contribution < 1.29 is 29.0 Å². The Morgan fingerprint density at radius 3 is 2.58 bits per heavy atom. The van der Waals surface area contributed by atoms with Crippen LogP contribution in [-0.4, -0.2) is 45.6 Å². The van der Waals surface area contributed by atoms with E-state index in [4.69, 9.17) is 11.5 Å². The van der Waals surface area contributed by atoms with E-state index in [9.17, 15) is 23.9 Å². The van der Waals surface area contributed by atoms with Gasteiger partial charge in [-0.25, -0.2) is 9.18 Å². The molecule has 0 aliphatic heterocycles. The first-order chi connectivity index (χ1) is 17.1. The van der Waals surface area contributed by atoms with E-state index < -0.39 is 36.1 Å². The summed E-state index contributed by atoms with van der Waals surface area (Å²) in [6.07, 6.45) is 4.75. The minimum Gasteiger partial charge on any atom is -0.481 e. The summed E-state index contributed by atoms with van der Waals surface area (Å²) in [6.45, 7) is 2.44. The van der Waals surface area contributed by atoms with Crippen LogP contribution in [0, 0.1) is 25.1 Å². The second kappa shape index (κ2) is 11.6. The minimum absolute atomic E-state index is 0.173. The topological polar surface area (TPSA) is 120 Å². The maximum atomic E-state index is 14.9. The van der Waals surface area contributed by atoms with Gasteiger partial charge in [-0.1, -0.05) is 27.9 Å². The summed E-state index contributed by atoms with van der Waals surface area (Å²) < 4.78 is 15.8. The van der Waals surface area contributed by atoms with E-state index in [1.807, 2.05) is 31.2 Å². The van der Waals surface area contributed by atoms with E-state index in [0.717, 1.165) is 32.7 Å². The third-order valence-corrected chi connectivity index (χ3v) is 6.08. The van der Waals surface area contributed by atoms with Gasteiger partial charge in [-0.15, -0.1) is 6.42 Å². The van der Waals surface area contributed by atoms with Crippen molar-refractivity contribution in [3.8, 4) is 12.3 Å². The van der Waals surface area contributed by atoms with Crippen LogP contribution in [-0.2, 0) is 16.1 Å². The number of nitrogens with one attached hydrogen (secondary N) is 1. The van der Waals surface area contributed by atoms with Crippen LogP contribution in [0.4, 0.5) is 10.1 Å². The molecule has 1 aromatic heterocycles. The van der Waals surface area contributed by atoms with Crippen molar-refractivity contribution in [2.75, 3.05) is 11.4 Å². The molecule has 3 N–H and O–H groups in total. The molecule has 2 aromatic carbocycles. The number of aryl methyl sites for hydroxylation is 1. The number of carbonyl (C=O) groups is 3. The molecule has 0 fully saturated rings. The molecule has 1 heterocycles. The zero-order valence-corrected chi connectivity index (χ0v) is 20.9. The SMILES string of the molecule is C#CCN(Cc1ccc2nc(C)cc(Br)c2c1)c1ccc(C(=O)N[C@@H](CCC(=O)O)C(=O)O)c(F)c1. The number of hydrogen-bond acceptors (Lipinski definition) is 5. The highest BCUT2D eigenvalue weighted by atomic mass is 79.9. The molecule has 1 amide bonds. The van der Waals surface area contributed by atoms with Crippen LogP contribution in [0.5, 0.6) is 0 Å². The first-order valence-corrected chi connectivity index (χ1v) is 11.7. The Hall–Kier alpha value is -3.97. The molecule has 0 radical (unpaired) electrons. The van der Waals surface area contributed by atoms with E-state index in [-0.39, 0.29) is 18.5 Å². The fourth-order valence-electron chi connectivity index (χ4n) is 3.67. The second-order valence-electron chi connectivity index (χ2n) is 8.12. The van der Waals surface area contributed by atoms with Crippen LogP contribution in [0.2, 0.25) is 0 Å². The van der Waals surface area contributed by atoms with Gasteiger partial charge in [0, 0.05) is 34.2 Å². The smallest absolute Gasteiger partial charge is 0.326 e. The second-order valence-corrected chi connectivity index (χ2v) is 8.97. The normalized spacial score (nSPS) is 11.5. The lowest BCUT2D eigenvalue weighted by molar-refractivity contribution is -0.140. The summed E-state index contributed by atoms with van der Waals surface area (Å²) in [4.78, 5) is 40.8. The Labute approximate surface area is 215 Å². The molecule has 1 atom stereocenters. The van der Waals surface area contributed by atoms with Crippen molar-refractivity contribution in [2.24, 2.45) is 0 Å². The maximum Gasteiger partial charge on any atom is 0.326 e. The Kier molecular flexibility index (Phi) is 8.61. The summed E-state index contributed by atoms with van der Waals surface area (Å²) in [6, 6.07) is 10.1. The molecule has 3 rings (SSSR count). The largest absolute Gasteiger partial charge is 0.481 e. The number of fused-ring (bicyclic) bond motifs is 1. The van der Waals surface area contributed by atoms with E-state index in [0.29, 0.717) is 12.2 Å². The molecule has 3 aromatic rings. The molecule has 36 heavy (non-hydrogen) atoms. The summed E-state index contributed by atoms with van der Waals surface area (Å²) in [7, 11) is 0. The van der Waals surface area contributed by atoms with Crippen LogP contribution in [0.1, 0.15) is 34.5 Å². The molecular formula is C26H23BrFN3O5. The van der Waals surface area contributed by atoms with Gasteiger partial charge >= 0.3 is 11.9 Å². The molecule has 186 valence electrons. The van der Waals surface area contributed by atoms with Crippen LogP contribution in [0.25, 0.3) is 10.9 Å². The fourth-order valence-corrected chi connectivity index (χ4v) is 4.32. The van der Waals surface area contributed by atoms with Gasteiger partial charge in [-0.3, -0.25) is 14.6 Å². The van der Waals surface area contributed by atoms with Crippen LogP contribution in [0.3, 0.4) is 0 Å². The molecule has 0 spiro atoms. The highest BCUT2D eigenvalue weighted by Gasteiger charge is 2.23. The predicted molar refractivity (Wildman–Crippen MR) is 136 cm³/mol. The highest BCUT2D eigenvalue weighted by molar-refractivity contribution is 9.10. The monoisotopic (exact) mass is 555 g/mol. The molecule has 0 saturated carbocycles. The van der Waals surface area contributed by atoms with Gasteiger partial charge in [0.05, 0.1) is 17.6 Å². The Morgan fingerprint density at radius 2 is 1.94 bits per heavy atom. The Balaban J connectivity index is 1.82. The lowest BCUT2D eigenvalue weighted by Gasteiger charge is -2.23. The summed E-state index contributed by atoms with van der Waals surface area (Å²) in [5.41, 5.74) is 2.70. The number of carboxylic acid groups (broad SMARTS) is 2. The lowest BCUT2D eigenvalue weighted by Crippen LogP contribution is -2.41. The predicted octanol–water partition coefficient (Wildman–Crippen LogP) is 4.13. The molecule has 0 saturated heterocycles. The zero-order valence-electron chi connectivity index (χ0n) is 19.3. The Bertz CT molecular complexity index is 1370. The number of carbonyl (C=O) groups excluding carboxylic acids is 1. The summed E-state index contributed by atoms with van der Waals surface area (Å²) in [5, 5.41) is 21.1. The molecule has 0 unspecified atom stereocenters. The van der Waals surface area contributed by atoms with Crippen molar-refractivity contribution in [3.05, 3.63) is 69.6 Å². The minimum atomic E-state index is -1.46. The maximum absolute atomic E-state index is 14.9. The molecule has 0 aliphatic carbocycles. The van der Waals surface area contributed by atoms with Gasteiger partial charge in [-0.2, -0.15) is 0 Å². The van der Waals surface area contributed by atoms with Crippen molar-refractivity contribution in [1.82, 2.24) is 10.3 Å². The molecule has 8 nitrogen and oxygen atoms in total. The number of benzene rings is 2. The first-order valence-electron chi connectivity index (χ1n) is 10.9. The number of anilines is 1. The molecular weight excluding hydrogens is 533 g/mol. The van der Waals surface area contributed by atoms with Crippen LogP contribution in [0.15, 0.2) is 46.9 Å². The number of aromatic nitrogens is 1. The van der Waals surface area contributed by atoms with E-state index >= 15 is 0 Å². The quantitative estimate of drug-likeness (QED) is 0.321. The number of pyridine rings is 1. The van der Waals surface area contributed by atoms with E-state index in [1.54, 1.807) is 4.90 Å².